The summed E-state index contributed by atoms with van der Waals surface area (Å²) < 4.78 is 0.782. The first-order valence-corrected chi connectivity index (χ1v) is 5.59. The van der Waals surface area contributed by atoms with Crippen LogP contribution in [0.2, 0.25) is 5.02 Å². The zero-order valence-electron chi connectivity index (χ0n) is 8.04. The van der Waals surface area contributed by atoms with Crippen molar-refractivity contribution in [1.82, 2.24) is 9.97 Å². The second kappa shape index (κ2) is 4.29. The van der Waals surface area contributed by atoms with Gasteiger partial charge >= 0.3 is 0 Å². The third-order valence-electron chi connectivity index (χ3n) is 1.93. The van der Waals surface area contributed by atoms with Crippen molar-refractivity contribution >= 4 is 27.5 Å². The topological polar surface area (TPSA) is 25.8 Å². The molecule has 4 heteroatoms. The Kier molecular flexibility index (Phi) is 3.03. The highest BCUT2D eigenvalue weighted by Crippen LogP contribution is 2.22. The average molecular weight is 284 g/mol. The SMILES string of the molecule is Cc1nc(Br)cc(-c2cccc(Cl)c2)n1. The molecule has 0 radical (unpaired) electrons. The lowest BCUT2D eigenvalue weighted by atomic mass is 10.1. The number of halogens is 2. The number of hydrogen-bond acceptors (Lipinski definition) is 2. The standard InChI is InChI=1S/C11H8BrClN2/c1-7-14-10(6-11(12)15-7)8-3-2-4-9(13)5-8/h2-6H,1H3. The molecule has 0 saturated carbocycles. The predicted molar refractivity (Wildman–Crippen MR) is 64.9 cm³/mol. The van der Waals surface area contributed by atoms with E-state index in [1.54, 1.807) is 0 Å². The van der Waals surface area contributed by atoms with Crippen LogP contribution in [-0.4, -0.2) is 9.97 Å². The molecule has 76 valence electrons. The monoisotopic (exact) mass is 282 g/mol. The largest absolute Gasteiger partial charge is 0.233 e. The molecule has 1 aromatic heterocycles. The third-order valence-corrected chi connectivity index (χ3v) is 2.57. The number of aryl methyl sites for hydroxylation is 1. The van der Waals surface area contributed by atoms with Crippen LogP contribution < -0.4 is 0 Å². The van der Waals surface area contributed by atoms with Gasteiger partial charge in [0.05, 0.1) is 5.69 Å². The fraction of sp³-hybridized carbons (Fsp3) is 0.0909. The van der Waals surface area contributed by atoms with Gasteiger partial charge in [0, 0.05) is 10.6 Å². The van der Waals surface area contributed by atoms with Gasteiger partial charge in [-0.2, -0.15) is 0 Å². The van der Waals surface area contributed by atoms with E-state index in [4.69, 9.17) is 11.6 Å². The van der Waals surface area contributed by atoms with Gasteiger partial charge in [0.2, 0.25) is 0 Å². The molecular weight excluding hydrogens is 275 g/mol. The van der Waals surface area contributed by atoms with Crippen molar-refractivity contribution in [3.63, 3.8) is 0 Å². The van der Waals surface area contributed by atoms with Crippen LogP contribution in [0.5, 0.6) is 0 Å². The number of rotatable bonds is 1. The molecule has 1 heterocycles. The van der Waals surface area contributed by atoms with Crippen molar-refractivity contribution in [3.8, 4) is 11.3 Å². The maximum Gasteiger partial charge on any atom is 0.127 e. The molecule has 0 atom stereocenters. The van der Waals surface area contributed by atoms with Gasteiger partial charge in [-0.3, -0.25) is 0 Å². The number of nitrogens with zero attached hydrogens (tertiary/aromatic N) is 2. The summed E-state index contributed by atoms with van der Waals surface area (Å²) in [4.78, 5) is 8.50. The van der Waals surface area contributed by atoms with E-state index in [9.17, 15) is 0 Å². The van der Waals surface area contributed by atoms with Gasteiger partial charge in [0.15, 0.2) is 0 Å². The lowest BCUT2D eigenvalue weighted by Gasteiger charge is -2.03. The van der Waals surface area contributed by atoms with E-state index in [1.165, 1.54) is 0 Å². The van der Waals surface area contributed by atoms with Crippen LogP contribution in [0.15, 0.2) is 34.9 Å². The Balaban J connectivity index is 2.54. The second-order valence-corrected chi connectivity index (χ2v) is 4.38. The summed E-state index contributed by atoms with van der Waals surface area (Å²) in [6.45, 7) is 1.86. The third kappa shape index (κ3) is 2.55. The Morgan fingerprint density at radius 1 is 1.20 bits per heavy atom. The van der Waals surface area contributed by atoms with Crippen molar-refractivity contribution in [1.29, 1.82) is 0 Å². The Morgan fingerprint density at radius 3 is 2.67 bits per heavy atom. The minimum atomic E-state index is 0.708. The minimum absolute atomic E-state index is 0.708. The fourth-order valence-electron chi connectivity index (χ4n) is 1.33. The number of hydrogen-bond donors (Lipinski definition) is 0. The average Bonchev–Trinajstić information content (AvgIpc) is 2.16. The Hall–Kier alpha value is -0.930. The van der Waals surface area contributed by atoms with Gasteiger partial charge in [0.1, 0.15) is 10.4 Å². The Bertz CT molecular complexity index is 479. The molecule has 0 N–H and O–H groups in total. The van der Waals surface area contributed by atoms with Gasteiger partial charge in [-0.05, 0) is 41.1 Å². The summed E-state index contributed by atoms with van der Waals surface area (Å²) >= 11 is 9.26. The molecule has 0 saturated heterocycles. The van der Waals surface area contributed by atoms with Crippen LogP contribution in [0.25, 0.3) is 11.3 Å². The van der Waals surface area contributed by atoms with E-state index >= 15 is 0 Å². The molecular formula is C11H8BrClN2. The van der Waals surface area contributed by atoms with E-state index < -0.39 is 0 Å². The van der Waals surface area contributed by atoms with E-state index in [2.05, 4.69) is 25.9 Å². The summed E-state index contributed by atoms with van der Waals surface area (Å²) in [6, 6.07) is 9.48. The van der Waals surface area contributed by atoms with Crippen LogP contribution >= 0.6 is 27.5 Å². The van der Waals surface area contributed by atoms with E-state index in [1.807, 2.05) is 37.3 Å². The van der Waals surface area contributed by atoms with Crippen molar-refractivity contribution in [2.24, 2.45) is 0 Å². The first-order valence-electron chi connectivity index (χ1n) is 4.42. The molecule has 0 spiro atoms. The highest BCUT2D eigenvalue weighted by molar-refractivity contribution is 9.10. The van der Waals surface area contributed by atoms with Gasteiger partial charge in [-0.1, -0.05) is 23.7 Å². The van der Waals surface area contributed by atoms with Gasteiger partial charge in [-0.25, -0.2) is 9.97 Å². The summed E-state index contributed by atoms with van der Waals surface area (Å²) in [5, 5.41) is 0.708. The first-order chi connectivity index (χ1) is 7.15. The molecule has 0 aliphatic carbocycles. The molecule has 2 aromatic rings. The van der Waals surface area contributed by atoms with Crippen molar-refractivity contribution in [2.75, 3.05) is 0 Å². The first kappa shape index (κ1) is 10.6. The van der Waals surface area contributed by atoms with Crippen molar-refractivity contribution in [2.45, 2.75) is 6.92 Å². The molecule has 15 heavy (non-hydrogen) atoms. The van der Waals surface area contributed by atoms with Crippen LogP contribution in [0.4, 0.5) is 0 Å². The van der Waals surface area contributed by atoms with Gasteiger partial charge in [0.25, 0.3) is 0 Å². The number of aromatic nitrogens is 2. The highest BCUT2D eigenvalue weighted by Gasteiger charge is 2.03. The molecule has 0 amide bonds. The predicted octanol–water partition coefficient (Wildman–Crippen LogP) is 3.87. The summed E-state index contributed by atoms with van der Waals surface area (Å²) in [5.41, 5.74) is 1.87. The van der Waals surface area contributed by atoms with E-state index in [-0.39, 0.29) is 0 Å². The van der Waals surface area contributed by atoms with Crippen LogP contribution in [0, 0.1) is 6.92 Å². The summed E-state index contributed by atoms with van der Waals surface area (Å²) in [7, 11) is 0. The summed E-state index contributed by atoms with van der Waals surface area (Å²) in [6.07, 6.45) is 0. The maximum atomic E-state index is 5.92. The molecule has 1 aromatic carbocycles. The molecule has 0 unspecified atom stereocenters. The molecule has 2 nitrogen and oxygen atoms in total. The lowest BCUT2D eigenvalue weighted by molar-refractivity contribution is 1.04. The highest BCUT2D eigenvalue weighted by atomic mass is 79.9. The molecule has 0 bridgehead atoms. The quantitative estimate of drug-likeness (QED) is 0.743. The molecule has 0 aliphatic rings. The fourth-order valence-corrected chi connectivity index (χ4v) is 1.99. The summed E-state index contributed by atoms with van der Waals surface area (Å²) in [5.74, 6) is 0.736. The maximum absolute atomic E-state index is 5.92. The zero-order chi connectivity index (χ0) is 10.8. The Labute approximate surface area is 101 Å². The molecule has 0 fully saturated rings. The number of benzene rings is 1. The Morgan fingerprint density at radius 2 is 2.00 bits per heavy atom. The second-order valence-electron chi connectivity index (χ2n) is 3.13. The van der Waals surface area contributed by atoms with Gasteiger partial charge in [-0.15, -0.1) is 0 Å². The van der Waals surface area contributed by atoms with Gasteiger partial charge < -0.3 is 0 Å². The van der Waals surface area contributed by atoms with Crippen LogP contribution in [-0.2, 0) is 0 Å². The smallest absolute Gasteiger partial charge is 0.127 e. The molecule has 2 rings (SSSR count). The minimum Gasteiger partial charge on any atom is -0.233 e. The van der Waals surface area contributed by atoms with Crippen LogP contribution in [0.1, 0.15) is 5.82 Å². The lowest BCUT2D eigenvalue weighted by Crippen LogP contribution is -1.91. The van der Waals surface area contributed by atoms with Crippen molar-refractivity contribution in [3.05, 3.63) is 45.8 Å². The van der Waals surface area contributed by atoms with E-state index in [0.717, 1.165) is 21.7 Å². The van der Waals surface area contributed by atoms with E-state index in [0.29, 0.717) is 5.02 Å². The molecule has 0 aliphatic heterocycles. The normalized spacial score (nSPS) is 10.3. The van der Waals surface area contributed by atoms with Crippen molar-refractivity contribution < 1.29 is 0 Å². The van der Waals surface area contributed by atoms with Crippen LogP contribution in [0.3, 0.4) is 0 Å². The zero-order valence-corrected chi connectivity index (χ0v) is 10.4.